The zero-order chi connectivity index (χ0) is 9.26. The van der Waals surface area contributed by atoms with Gasteiger partial charge in [0.25, 0.3) is 0 Å². The maximum Gasteiger partial charge on any atom is 0.149 e. The fourth-order valence-corrected chi connectivity index (χ4v) is 1.38. The normalized spacial score (nSPS) is 25.7. The first-order valence-corrected chi connectivity index (χ1v) is 4.52. The summed E-state index contributed by atoms with van der Waals surface area (Å²) in [6, 6.07) is 0.331. The van der Waals surface area contributed by atoms with Gasteiger partial charge in [0.1, 0.15) is 11.0 Å². The van der Waals surface area contributed by atoms with E-state index in [1.807, 2.05) is 0 Å². The summed E-state index contributed by atoms with van der Waals surface area (Å²) in [5.41, 5.74) is 0. The van der Waals surface area contributed by atoms with Gasteiger partial charge in [-0.15, -0.1) is 0 Å². The van der Waals surface area contributed by atoms with E-state index in [-0.39, 0.29) is 6.61 Å². The van der Waals surface area contributed by atoms with Gasteiger partial charge >= 0.3 is 0 Å². The molecule has 0 bridgehead atoms. The lowest BCUT2D eigenvalue weighted by Gasteiger charge is -2.02. The maximum atomic E-state index is 8.81. The molecule has 0 aromatic carbocycles. The molecule has 1 saturated carbocycles. The van der Waals surface area contributed by atoms with Crippen molar-refractivity contribution >= 4 is 17.4 Å². The highest BCUT2D eigenvalue weighted by Gasteiger charge is 2.36. The average Bonchev–Trinajstić information content (AvgIpc) is 2.83. The van der Waals surface area contributed by atoms with Crippen molar-refractivity contribution in [3.8, 4) is 0 Å². The number of nitrogens with zero attached hydrogens (tertiary/aromatic N) is 2. The molecule has 4 nitrogen and oxygen atoms in total. The van der Waals surface area contributed by atoms with E-state index in [0.29, 0.717) is 22.9 Å². The van der Waals surface area contributed by atoms with Crippen LogP contribution in [0.2, 0.25) is 5.15 Å². The number of aliphatic hydroxyl groups is 1. The van der Waals surface area contributed by atoms with E-state index in [9.17, 15) is 0 Å². The first-order valence-electron chi connectivity index (χ1n) is 4.14. The number of nitrogens with one attached hydrogen (secondary N) is 1. The molecule has 5 heteroatoms. The monoisotopic (exact) mass is 199 g/mol. The summed E-state index contributed by atoms with van der Waals surface area (Å²) in [5, 5.41) is 12.3. The number of hydrogen-bond donors (Lipinski definition) is 2. The van der Waals surface area contributed by atoms with Crippen LogP contribution >= 0.6 is 11.6 Å². The molecule has 0 radical (unpaired) electrons. The van der Waals surface area contributed by atoms with Crippen molar-refractivity contribution in [2.75, 3.05) is 11.9 Å². The molecule has 0 spiro atoms. The third-order valence-electron chi connectivity index (χ3n) is 2.10. The van der Waals surface area contributed by atoms with Crippen molar-refractivity contribution in [3.63, 3.8) is 0 Å². The fourth-order valence-electron chi connectivity index (χ4n) is 1.23. The first-order chi connectivity index (χ1) is 6.29. The van der Waals surface area contributed by atoms with Gasteiger partial charge in [-0.05, 0) is 6.42 Å². The molecule has 0 aliphatic heterocycles. The van der Waals surface area contributed by atoms with Crippen LogP contribution in [-0.4, -0.2) is 27.7 Å². The second-order valence-corrected chi connectivity index (χ2v) is 3.54. The number of halogens is 1. The average molecular weight is 200 g/mol. The molecular weight excluding hydrogens is 190 g/mol. The minimum Gasteiger partial charge on any atom is -0.396 e. The number of rotatable bonds is 3. The molecule has 70 valence electrons. The lowest BCUT2D eigenvalue weighted by atomic mass is 10.4. The summed E-state index contributed by atoms with van der Waals surface area (Å²) < 4.78 is 0. The van der Waals surface area contributed by atoms with Gasteiger partial charge in [-0.25, -0.2) is 4.98 Å². The lowest BCUT2D eigenvalue weighted by Crippen LogP contribution is -2.07. The van der Waals surface area contributed by atoms with Crippen LogP contribution in [0.3, 0.4) is 0 Å². The predicted molar refractivity (Wildman–Crippen MR) is 49.6 cm³/mol. The molecule has 1 aliphatic carbocycles. The topological polar surface area (TPSA) is 58.0 Å². The smallest absolute Gasteiger partial charge is 0.149 e. The van der Waals surface area contributed by atoms with E-state index in [4.69, 9.17) is 16.7 Å². The molecule has 1 aromatic rings. The molecule has 2 N–H and O–H groups in total. The van der Waals surface area contributed by atoms with Crippen LogP contribution in [0, 0.1) is 5.92 Å². The Bertz CT molecular complexity index is 307. The summed E-state index contributed by atoms with van der Waals surface area (Å²) >= 11 is 5.66. The van der Waals surface area contributed by atoms with Crippen LogP contribution in [0.1, 0.15) is 6.42 Å². The molecule has 0 saturated heterocycles. The first kappa shape index (κ1) is 8.72. The van der Waals surface area contributed by atoms with Crippen molar-refractivity contribution in [3.05, 3.63) is 17.5 Å². The Balaban J connectivity index is 1.95. The minimum atomic E-state index is 0.228. The van der Waals surface area contributed by atoms with Crippen LogP contribution in [-0.2, 0) is 0 Å². The van der Waals surface area contributed by atoms with Gasteiger partial charge in [-0.1, -0.05) is 11.6 Å². The summed E-state index contributed by atoms with van der Waals surface area (Å²) in [6.45, 7) is 0.228. The van der Waals surface area contributed by atoms with Crippen LogP contribution in [0.4, 0.5) is 5.82 Å². The molecule has 2 rings (SSSR count). The van der Waals surface area contributed by atoms with Crippen LogP contribution in [0.5, 0.6) is 0 Å². The molecule has 1 aromatic heterocycles. The minimum absolute atomic E-state index is 0.228. The molecule has 13 heavy (non-hydrogen) atoms. The Labute approximate surface area is 81.0 Å². The summed E-state index contributed by atoms with van der Waals surface area (Å²) in [7, 11) is 0. The summed E-state index contributed by atoms with van der Waals surface area (Å²) in [5.74, 6) is 1.04. The van der Waals surface area contributed by atoms with Gasteiger partial charge in [0, 0.05) is 18.6 Å². The highest BCUT2D eigenvalue weighted by atomic mass is 35.5. The van der Waals surface area contributed by atoms with Gasteiger partial charge in [-0.3, -0.25) is 4.98 Å². The van der Waals surface area contributed by atoms with Gasteiger partial charge in [0.15, 0.2) is 0 Å². The Morgan fingerprint density at radius 2 is 2.46 bits per heavy atom. The second-order valence-electron chi connectivity index (χ2n) is 3.16. The fraction of sp³-hybridized carbons (Fsp3) is 0.500. The molecule has 0 unspecified atom stereocenters. The third kappa shape index (κ3) is 2.08. The van der Waals surface area contributed by atoms with Gasteiger partial charge < -0.3 is 10.4 Å². The summed E-state index contributed by atoms with van der Waals surface area (Å²) in [6.07, 6.45) is 4.10. The Kier molecular flexibility index (Phi) is 2.33. The van der Waals surface area contributed by atoms with E-state index in [1.54, 1.807) is 6.20 Å². The molecule has 1 aliphatic rings. The van der Waals surface area contributed by atoms with Crippen molar-refractivity contribution in [1.82, 2.24) is 9.97 Å². The van der Waals surface area contributed by atoms with Crippen molar-refractivity contribution in [2.45, 2.75) is 12.5 Å². The highest BCUT2D eigenvalue weighted by Crippen LogP contribution is 2.32. The molecular formula is C8H10ClN3O. The van der Waals surface area contributed by atoms with Crippen LogP contribution in [0.15, 0.2) is 12.4 Å². The number of hydrogen-bond acceptors (Lipinski definition) is 4. The van der Waals surface area contributed by atoms with Crippen LogP contribution < -0.4 is 5.32 Å². The molecule has 2 atom stereocenters. The van der Waals surface area contributed by atoms with Crippen LogP contribution in [0.25, 0.3) is 0 Å². The molecule has 1 fully saturated rings. The van der Waals surface area contributed by atoms with Crippen molar-refractivity contribution in [1.29, 1.82) is 0 Å². The Morgan fingerprint density at radius 1 is 1.62 bits per heavy atom. The largest absolute Gasteiger partial charge is 0.396 e. The Morgan fingerprint density at radius 3 is 3.08 bits per heavy atom. The standard InChI is InChI=1S/C8H10ClN3O/c9-7-2-10-3-8(12-7)11-6-1-5(6)4-13/h2-3,5-6,13H,1,4H2,(H,11,12)/t5-,6+/m0/s1. The zero-order valence-corrected chi connectivity index (χ0v) is 7.70. The van der Waals surface area contributed by atoms with E-state index < -0.39 is 0 Å². The Hall–Kier alpha value is -0.870. The van der Waals surface area contributed by atoms with E-state index in [1.165, 1.54) is 6.20 Å². The van der Waals surface area contributed by atoms with Crippen molar-refractivity contribution in [2.24, 2.45) is 5.92 Å². The van der Waals surface area contributed by atoms with Gasteiger partial charge in [0.2, 0.25) is 0 Å². The lowest BCUT2D eigenvalue weighted by molar-refractivity contribution is 0.275. The second kappa shape index (κ2) is 3.47. The predicted octanol–water partition coefficient (Wildman–Crippen LogP) is 0.923. The van der Waals surface area contributed by atoms with Gasteiger partial charge in [0.05, 0.1) is 12.4 Å². The summed E-state index contributed by atoms with van der Waals surface area (Å²) in [4.78, 5) is 7.93. The van der Waals surface area contributed by atoms with E-state index in [0.717, 1.165) is 6.42 Å². The highest BCUT2D eigenvalue weighted by molar-refractivity contribution is 6.29. The number of aromatic nitrogens is 2. The molecule has 1 heterocycles. The zero-order valence-electron chi connectivity index (χ0n) is 6.94. The van der Waals surface area contributed by atoms with E-state index in [2.05, 4.69) is 15.3 Å². The quantitative estimate of drug-likeness (QED) is 0.760. The maximum absolute atomic E-state index is 8.81. The van der Waals surface area contributed by atoms with Crippen molar-refractivity contribution < 1.29 is 5.11 Å². The number of aliphatic hydroxyl groups excluding tert-OH is 1. The SMILES string of the molecule is OC[C@@H]1C[C@H]1Nc1cncc(Cl)n1. The number of anilines is 1. The van der Waals surface area contributed by atoms with Gasteiger partial charge in [-0.2, -0.15) is 0 Å². The van der Waals surface area contributed by atoms with E-state index >= 15 is 0 Å². The third-order valence-corrected chi connectivity index (χ3v) is 2.28. The molecule has 0 amide bonds.